The number of hydrogen-bond donors (Lipinski definition) is 1. The van der Waals surface area contributed by atoms with E-state index in [1.165, 1.54) is 6.92 Å². The lowest BCUT2D eigenvalue weighted by Crippen LogP contribution is -2.19. The lowest BCUT2D eigenvalue weighted by Gasteiger charge is -2.12. The molecule has 1 unspecified atom stereocenters. The molecule has 1 aromatic rings. The summed E-state index contributed by atoms with van der Waals surface area (Å²) >= 11 is 0. The monoisotopic (exact) mass is 207 g/mol. The van der Waals surface area contributed by atoms with Crippen molar-refractivity contribution in [3.63, 3.8) is 0 Å². The summed E-state index contributed by atoms with van der Waals surface area (Å²) in [5, 5.41) is 0. The number of aryl methyl sites for hydroxylation is 1. The van der Waals surface area contributed by atoms with Crippen molar-refractivity contribution in [2.24, 2.45) is 5.73 Å². The van der Waals surface area contributed by atoms with E-state index in [0.29, 0.717) is 11.5 Å². The number of hydrogen-bond acceptors (Lipinski definition) is 4. The summed E-state index contributed by atoms with van der Waals surface area (Å²) in [6, 6.07) is 3.05. The van der Waals surface area contributed by atoms with Crippen LogP contribution in [0.1, 0.15) is 24.1 Å². The van der Waals surface area contributed by atoms with Gasteiger partial charge in [-0.15, -0.1) is 0 Å². The fourth-order valence-electron chi connectivity index (χ4n) is 1.61. The maximum atomic E-state index is 11.2. The van der Waals surface area contributed by atoms with Crippen molar-refractivity contribution in [2.45, 2.75) is 19.9 Å². The molecule has 0 saturated heterocycles. The van der Waals surface area contributed by atoms with Crippen LogP contribution in [0.3, 0.4) is 0 Å². The van der Waals surface area contributed by atoms with Gasteiger partial charge in [-0.2, -0.15) is 0 Å². The van der Waals surface area contributed by atoms with Crippen molar-refractivity contribution >= 4 is 5.78 Å². The van der Waals surface area contributed by atoms with Crippen molar-refractivity contribution in [3.05, 3.63) is 23.3 Å². The molecule has 0 fully saturated rings. The second-order valence-electron chi connectivity index (χ2n) is 3.65. The third-order valence-electron chi connectivity index (χ3n) is 2.53. The van der Waals surface area contributed by atoms with Crippen LogP contribution >= 0.6 is 0 Å². The molecule has 80 valence electrons. The Labute approximate surface area is 88.0 Å². The molecule has 2 rings (SSSR count). The highest BCUT2D eigenvalue weighted by atomic mass is 16.7. The SMILES string of the molecule is CC(=O)C(N)c1cc2c(cc1C)OCO2. The van der Waals surface area contributed by atoms with Gasteiger partial charge in [0.2, 0.25) is 6.79 Å². The topological polar surface area (TPSA) is 61.6 Å². The fourth-order valence-corrected chi connectivity index (χ4v) is 1.61. The van der Waals surface area contributed by atoms with Crippen LogP contribution in [-0.4, -0.2) is 12.6 Å². The van der Waals surface area contributed by atoms with Crippen LogP contribution in [0.2, 0.25) is 0 Å². The van der Waals surface area contributed by atoms with E-state index >= 15 is 0 Å². The highest BCUT2D eigenvalue weighted by Crippen LogP contribution is 2.36. The van der Waals surface area contributed by atoms with Gasteiger partial charge in [0.15, 0.2) is 17.3 Å². The molecular formula is C11H13NO3. The Hall–Kier alpha value is -1.55. The Morgan fingerprint density at radius 2 is 2.00 bits per heavy atom. The second-order valence-corrected chi connectivity index (χ2v) is 3.65. The average molecular weight is 207 g/mol. The van der Waals surface area contributed by atoms with E-state index in [9.17, 15) is 4.79 Å². The van der Waals surface area contributed by atoms with Gasteiger partial charge in [-0.3, -0.25) is 4.79 Å². The van der Waals surface area contributed by atoms with Gasteiger partial charge >= 0.3 is 0 Å². The summed E-state index contributed by atoms with van der Waals surface area (Å²) in [5.41, 5.74) is 7.53. The van der Waals surface area contributed by atoms with E-state index in [4.69, 9.17) is 15.2 Å². The van der Waals surface area contributed by atoms with E-state index in [1.54, 1.807) is 6.07 Å². The minimum Gasteiger partial charge on any atom is -0.454 e. The average Bonchev–Trinajstić information content (AvgIpc) is 2.62. The molecule has 0 amide bonds. The number of fused-ring (bicyclic) bond motifs is 1. The van der Waals surface area contributed by atoms with E-state index in [0.717, 1.165) is 11.1 Å². The summed E-state index contributed by atoms with van der Waals surface area (Å²) in [4.78, 5) is 11.2. The number of ether oxygens (including phenoxy) is 2. The highest BCUT2D eigenvalue weighted by Gasteiger charge is 2.20. The number of carbonyl (C=O) groups is 1. The van der Waals surface area contributed by atoms with E-state index in [1.807, 2.05) is 13.0 Å². The summed E-state index contributed by atoms with van der Waals surface area (Å²) in [6.45, 7) is 3.61. The van der Waals surface area contributed by atoms with E-state index in [-0.39, 0.29) is 12.6 Å². The van der Waals surface area contributed by atoms with Gasteiger partial charge in [0.1, 0.15) is 0 Å². The van der Waals surface area contributed by atoms with E-state index in [2.05, 4.69) is 0 Å². The zero-order valence-corrected chi connectivity index (χ0v) is 8.74. The predicted molar refractivity (Wildman–Crippen MR) is 54.9 cm³/mol. The van der Waals surface area contributed by atoms with E-state index < -0.39 is 6.04 Å². The molecule has 1 aromatic carbocycles. The molecule has 1 heterocycles. The van der Waals surface area contributed by atoms with Crippen LogP contribution in [0, 0.1) is 6.92 Å². The van der Waals surface area contributed by atoms with Crippen LogP contribution in [0.25, 0.3) is 0 Å². The molecule has 4 nitrogen and oxygen atoms in total. The zero-order valence-electron chi connectivity index (χ0n) is 8.74. The van der Waals surface area contributed by atoms with Crippen LogP contribution in [0.15, 0.2) is 12.1 Å². The molecule has 0 saturated carbocycles. The van der Waals surface area contributed by atoms with Crippen molar-refractivity contribution in [3.8, 4) is 11.5 Å². The maximum absolute atomic E-state index is 11.2. The van der Waals surface area contributed by atoms with Gasteiger partial charge in [0.25, 0.3) is 0 Å². The predicted octanol–water partition coefficient (Wildman–Crippen LogP) is 1.31. The Morgan fingerprint density at radius 1 is 1.40 bits per heavy atom. The van der Waals surface area contributed by atoms with Gasteiger partial charge in [-0.1, -0.05) is 0 Å². The molecule has 0 aromatic heterocycles. The summed E-state index contributed by atoms with van der Waals surface area (Å²) in [7, 11) is 0. The van der Waals surface area contributed by atoms with Gasteiger partial charge < -0.3 is 15.2 Å². The normalized spacial score (nSPS) is 15.1. The second kappa shape index (κ2) is 3.55. The summed E-state index contributed by atoms with van der Waals surface area (Å²) < 4.78 is 10.5. The zero-order chi connectivity index (χ0) is 11.0. The standard InChI is InChI=1S/C11H13NO3/c1-6-3-9-10(15-5-14-9)4-8(6)11(12)7(2)13/h3-4,11H,5,12H2,1-2H3. The fraction of sp³-hybridized carbons (Fsp3) is 0.364. The van der Waals surface area contributed by atoms with Gasteiger partial charge in [0, 0.05) is 0 Å². The molecule has 0 bridgehead atoms. The first-order valence-corrected chi connectivity index (χ1v) is 4.76. The largest absolute Gasteiger partial charge is 0.454 e. The molecule has 15 heavy (non-hydrogen) atoms. The quantitative estimate of drug-likeness (QED) is 0.794. The third-order valence-corrected chi connectivity index (χ3v) is 2.53. The van der Waals surface area contributed by atoms with Crippen molar-refractivity contribution < 1.29 is 14.3 Å². The number of nitrogens with two attached hydrogens (primary N) is 1. The number of carbonyl (C=O) groups excluding carboxylic acids is 1. The number of Topliss-reactive ketones (excluding diaryl/α,β-unsaturated/α-hetero) is 1. The van der Waals surface area contributed by atoms with Gasteiger partial charge in [0.05, 0.1) is 6.04 Å². The van der Waals surface area contributed by atoms with Crippen LogP contribution < -0.4 is 15.2 Å². The molecule has 1 atom stereocenters. The Bertz CT molecular complexity index is 415. The minimum absolute atomic E-state index is 0.0584. The first kappa shape index (κ1) is 9.98. The van der Waals surface area contributed by atoms with Crippen molar-refractivity contribution in [2.75, 3.05) is 6.79 Å². The Kier molecular flexibility index (Phi) is 2.36. The van der Waals surface area contributed by atoms with Crippen molar-refractivity contribution in [1.29, 1.82) is 0 Å². The molecule has 4 heteroatoms. The molecule has 1 aliphatic heterocycles. The minimum atomic E-state index is -0.584. The lowest BCUT2D eigenvalue weighted by molar-refractivity contribution is -0.118. The summed E-state index contributed by atoms with van der Waals surface area (Å²) in [6.07, 6.45) is 0. The number of benzene rings is 1. The Balaban J connectivity index is 2.44. The Morgan fingerprint density at radius 3 is 2.60 bits per heavy atom. The number of ketones is 1. The van der Waals surface area contributed by atoms with Crippen LogP contribution in [-0.2, 0) is 4.79 Å². The molecule has 0 aliphatic carbocycles. The molecule has 0 spiro atoms. The number of rotatable bonds is 2. The molecule has 0 radical (unpaired) electrons. The van der Waals surface area contributed by atoms with Gasteiger partial charge in [-0.05, 0) is 37.1 Å². The molecule has 1 aliphatic rings. The highest BCUT2D eigenvalue weighted by molar-refractivity contribution is 5.83. The van der Waals surface area contributed by atoms with Crippen LogP contribution in [0.5, 0.6) is 11.5 Å². The first-order valence-electron chi connectivity index (χ1n) is 4.76. The maximum Gasteiger partial charge on any atom is 0.231 e. The summed E-state index contributed by atoms with van der Waals surface area (Å²) in [5.74, 6) is 1.32. The van der Waals surface area contributed by atoms with Gasteiger partial charge in [-0.25, -0.2) is 0 Å². The molecule has 2 N–H and O–H groups in total. The lowest BCUT2D eigenvalue weighted by atomic mass is 9.98. The van der Waals surface area contributed by atoms with Crippen LogP contribution in [0.4, 0.5) is 0 Å². The first-order chi connectivity index (χ1) is 7.09. The van der Waals surface area contributed by atoms with Crippen molar-refractivity contribution in [1.82, 2.24) is 0 Å². The smallest absolute Gasteiger partial charge is 0.231 e. The molecular weight excluding hydrogens is 194 g/mol. The third kappa shape index (κ3) is 1.68.